The predicted molar refractivity (Wildman–Crippen MR) is 126 cm³/mol. The van der Waals surface area contributed by atoms with E-state index >= 15 is 0 Å². The molecular formula is C25H21N3O4S. The summed E-state index contributed by atoms with van der Waals surface area (Å²) in [6.07, 6.45) is -0.697. The molecule has 0 spiro atoms. The fourth-order valence-electron chi connectivity index (χ4n) is 3.52. The van der Waals surface area contributed by atoms with Crippen molar-refractivity contribution in [3.05, 3.63) is 88.2 Å². The molecule has 1 atom stereocenters. The molecule has 3 aromatic rings. The van der Waals surface area contributed by atoms with Crippen molar-refractivity contribution in [2.24, 2.45) is 0 Å². The van der Waals surface area contributed by atoms with Crippen LogP contribution in [0.5, 0.6) is 0 Å². The summed E-state index contributed by atoms with van der Waals surface area (Å²) in [7, 11) is 0. The van der Waals surface area contributed by atoms with E-state index in [2.05, 4.69) is 17.9 Å². The van der Waals surface area contributed by atoms with Gasteiger partial charge in [-0.3, -0.25) is 4.79 Å². The summed E-state index contributed by atoms with van der Waals surface area (Å²) < 4.78 is 11.1. The van der Waals surface area contributed by atoms with Crippen LogP contribution in [0.15, 0.2) is 75.7 Å². The number of benzene rings is 2. The molecule has 0 saturated carbocycles. The molecule has 7 nitrogen and oxygen atoms in total. The number of ether oxygens (including phenoxy) is 1. The van der Waals surface area contributed by atoms with E-state index in [9.17, 15) is 14.9 Å². The van der Waals surface area contributed by atoms with Gasteiger partial charge in [-0.1, -0.05) is 29.8 Å². The van der Waals surface area contributed by atoms with Crippen LogP contribution < -0.4 is 10.2 Å². The van der Waals surface area contributed by atoms with Crippen LogP contribution in [-0.2, 0) is 9.53 Å². The van der Waals surface area contributed by atoms with Crippen LogP contribution in [0.4, 0.5) is 5.69 Å². The molecule has 4 rings (SSSR count). The van der Waals surface area contributed by atoms with Gasteiger partial charge in [-0.2, -0.15) is 5.26 Å². The molecule has 2 heterocycles. The lowest BCUT2D eigenvalue weighted by Gasteiger charge is -2.36. The molecule has 1 amide bonds. The van der Waals surface area contributed by atoms with Crippen LogP contribution in [0.25, 0.3) is 11.3 Å². The van der Waals surface area contributed by atoms with E-state index in [4.69, 9.17) is 9.15 Å². The number of anilines is 1. The van der Waals surface area contributed by atoms with Crippen LogP contribution >= 0.6 is 12.6 Å². The quantitative estimate of drug-likeness (QED) is 0.423. The Balaban J connectivity index is 1.69. The fraction of sp³-hybridized carbons (Fsp3) is 0.160. The van der Waals surface area contributed by atoms with Crippen LogP contribution in [0.2, 0.25) is 0 Å². The second kappa shape index (κ2) is 9.27. The zero-order chi connectivity index (χ0) is 23.5. The number of hydrogen-bond donors (Lipinski definition) is 2. The third-order valence-corrected chi connectivity index (χ3v) is 5.64. The molecule has 0 radical (unpaired) electrons. The van der Waals surface area contributed by atoms with E-state index in [-0.39, 0.29) is 16.6 Å². The van der Waals surface area contributed by atoms with Crippen LogP contribution in [0.3, 0.4) is 0 Å². The lowest BCUT2D eigenvalue weighted by atomic mass is 10.1. The van der Waals surface area contributed by atoms with Crippen molar-refractivity contribution in [3.63, 3.8) is 0 Å². The molecule has 0 aliphatic carbocycles. The maximum absolute atomic E-state index is 12.5. The van der Waals surface area contributed by atoms with Crippen molar-refractivity contribution < 1.29 is 18.7 Å². The lowest BCUT2D eigenvalue weighted by molar-refractivity contribution is -0.118. The minimum Gasteiger partial charge on any atom is -0.462 e. The number of esters is 1. The van der Waals surface area contributed by atoms with E-state index in [1.807, 2.05) is 37.3 Å². The van der Waals surface area contributed by atoms with E-state index in [0.29, 0.717) is 23.7 Å². The normalized spacial score (nSPS) is 15.8. The molecule has 0 fully saturated rings. The van der Waals surface area contributed by atoms with E-state index in [1.165, 1.54) is 0 Å². The van der Waals surface area contributed by atoms with Crippen molar-refractivity contribution in [1.82, 2.24) is 5.32 Å². The molecule has 1 aromatic heterocycles. The molecule has 1 unspecified atom stereocenters. The molecule has 8 heteroatoms. The molecule has 1 aliphatic rings. The minimum atomic E-state index is -0.697. The largest absolute Gasteiger partial charge is 0.462 e. The van der Waals surface area contributed by atoms with Gasteiger partial charge in [0.25, 0.3) is 5.91 Å². The van der Waals surface area contributed by atoms with Crippen molar-refractivity contribution in [2.75, 3.05) is 11.5 Å². The number of nitrogens with one attached hydrogen (secondary N) is 1. The van der Waals surface area contributed by atoms with E-state index < -0.39 is 12.1 Å². The Morgan fingerprint density at radius 1 is 1.15 bits per heavy atom. The van der Waals surface area contributed by atoms with Gasteiger partial charge in [-0.05, 0) is 50.2 Å². The highest BCUT2D eigenvalue weighted by molar-refractivity contribution is 7.84. The van der Waals surface area contributed by atoms with Crippen molar-refractivity contribution in [2.45, 2.75) is 20.0 Å². The Morgan fingerprint density at radius 2 is 1.85 bits per heavy atom. The highest BCUT2D eigenvalue weighted by Gasteiger charge is 2.35. The van der Waals surface area contributed by atoms with Gasteiger partial charge >= 0.3 is 5.97 Å². The van der Waals surface area contributed by atoms with Crippen LogP contribution in [0, 0.1) is 18.3 Å². The summed E-state index contributed by atoms with van der Waals surface area (Å²) in [5, 5.41) is 12.5. The first-order valence-electron chi connectivity index (χ1n) is 10.3. The summed E-state index contributed by atoms with van der Waals surface area (Å²) in [6.45, 7) is 4.04. The zero-order valence-corrected chi connectivity index (χ0v) is 18.9. The Hall–Kier alpha value is -3.96. The Labute approximate surface area is 196 Å². The highest BCUT2D eigenvalue weighted by Crippen LogP contribution is 2.37. The lowest BCUT2D eigenvalue weighted by Crippen LogP contribution is -2.45. The van der Waals surface area contributed by atoms with Gasteiger partial charge in [0.2, 0.25) is 0 Å². The predicted octanol–water partition coefficient (Wildman–Crippen LogP) is 4.73. The number of thiol groups is 1. The average molecular weight is 460 g/mol. The van der Waals surface area contributed by atoms with Gasteiger partial charge in [-0.15, -0.1) is 12.6 Å². The second-order valence-corrected chi connectivity index (χ2v) is 7.82. The third-order valence-electron chi connectivity index (χ3n) is 5.21. The van der Waals surface area contributed by atoms with Gasteiger partial charge in [-0.25, -0.2) is 4.79 Å². The molecule has 166 valence electrons. The number of nitriles is 1. The van der Waals surface area contributed by atoms with Crippen LogP contribution in [0.1, 0.15) is 34.8 Å². The number of carbonyl (C=O) groups is 2. The standard InChI is InChI=1S/C25H21N3O4S/c1-3-31-25(30)17-8-6-16(7-9-17)20-12-13-21(32-20)22-27-23(29)19(14-26)24(33)28(22)18-10-4-15(2)5-11-18/h4-13,22,33H,3H2,1-2H3,(H,27,29). The summed E-state index contributed by atoms with van der Waals surface area (Å²) in [4.78, 5) is 26.2. The van der Waals surface area contributed by atoms with Gasteiger partial charge in [0, 0.05) is 11.3 Å². The van der Waals surface area contributed by atoms with Crippen LogP contribution in [-0.4, -0.2) is 18.5 Å². The summed E-state index contributed by atoms with van der Waals surface area (Å²) in [5.41, 5.74) is 2.97. The molecule has 33 heavy (non-hydrogen) atoms. The molecule has 1 aliphatic heterocycles. The number of hydrogen-bond acceptors (Lipinski definition) is 7. The first kappa shape index (κ1) is 22.2. The number of furan rings is 1. The van der Waals surface area contributed by atoms with Crippen molar-refractivity contribution in [3.8, 4) is 17.4 Å². The van der Waals surface area contributed by atoms with Gasteiger partial charge < -0.3 is 19.4 Å². The topological polar surface area (TPSA) is 95.6 Å². The Bertz CT molecular complexity index is 1270. The van der Waals surface area contributed by atoms with E-state index in [1.54, 1.807) is 48.2 Å². The first-order valence-corrected chi connectivity index (χ1v) is 10.7. The van der Waals surface area contributed by atoms with E-state index in [0.717, 1.165) is 16.8 Å². The maximum Gasteiger partial charge on any atom is 0.338 e. The molecule has 2 aromatic carbocycles. The van der Waals surface area contributed by atoms with Crippen molar-refractivity contribution in [1.29, 1.82) is 5.26 Å². The monoisotopic (exact) mass is 459 g/mol. The molecule has 0 saturated heterocycles. The summed E-state index contributed by atoms with van der Waals surface area (Å²) in [5.74, 6) is 0.128. The van der Waals surface area contributed by atoms with Gasteiger partial charge in [0.15, 0.2) is 6.17 Å². The fourth-order valence-corrected chi connectivity index (χ4v) is 3.90. The number of rotatable bonds is 5. The Kier molecular flexibility index (Phi) is 6.24. The minimum absolute atomic E-state index is 0.0727. The molecule has 1 N–H and O–H groups in total. The summed E-state index contributed by atoms with van der Waals surface area (Å²) >= 11 is 4.50. The van der Waals surface area contributed by atoms with Crippen molar-refractivity contribution >= 4 is 30.2 Å². The number of nitrogens with zero attached hydrogens (tertiary/aromatic N) is 2. The number of carbonyl (C=O) groups excluding carboxylic acids is 2. The highest BCUT2D eigenvalue weighted by atomic mass is 32.1. The average Bonchev–Trinajstić information content (AvgIpc) is 3.30. The number of aryl methyl sites for hydroxylation is 1. The Morgan fingerprint density at radius 3 is 2.48 bits per heavy atom. The number of amides is 1. The third kappa shape index (κ3) is 4.36. The smallest absolute Gasteiger partial charge is 0.338 e. The zero-order valence-electron chi connectivity index (χ0n) is 18.0. The van der Waals surface area contributed by atoms with Gasteiger partial charge in [0.1, 0.15) is 23.2 Å². The molecule has 0 bridgehead atoms. The summed E-state index contributed by atoms with van der Waals surface area (Å²) in [6, 6.07) is 20.0. The SMILES string of the molecule is CCOC(=O)c1ccc(-c2ccc(C3NC(=O)C(C#N)=C(S)N3c3ccc(C)cc3)o2)cc1. The second-order valence-electron chi connectivity index (χ2n) is 7.39. The molecular weight excluding hydrogens is 438 g/mol. The first-order chi connectivity index (χ1) is 15.9. The maximum atomic E-state index is 12.5. The van der Waals surface area contributed by atoms with Gasteiger partial charge in [0.05, 0.1) is 17.2 Å².